The molecule has 0 bridgehead atoms. The van der Waals surface area contributed by atoms with Crippen molar-refractivity contribution in [1.29, 1.82) is 0 Å². The Bertz CT molecular complexity index is 739. The molecule has 0 spiro atoms. The highest BCUT2D eigenvalue weighted by Crippen LogP contribution is 2.32. The Morgan fingerprint density at radius 2 is 2.05 bits per heavy atom. The second kappa shape index (κ2) is 5.77. The molecule has 0 saturated carbocycles. The molecule has 3 rings (SSSR count). The van der Waals surface area contributed by atoms with Gasteiger partial charge in [0.15, 0.2) is 0 Å². The lowest BCUT2D eigenvalue weighted by Gasteiger charge is -2.18. The van der Waals surface area contributed by atoms with Crippen LogP contribution in [-0.2, 0) is 4.74 Å². The molecule has 0 aliphatic carbocycles. The zero-order valence-electron chi connectivity index (χ0n) is 12.0. The third-order valence-electron chi connectivity index (χ3n) is 3.20. The number of aliphatic imine (C=N–C) groups is 1. The number of nitrogen functional groups attached to an aromatic ring is 1. The SMILES string of the molecule is COC(=O)c1ccc(NC2=Nc3ccc(N)cc3OC2)cc1. The van der Waals surface area contributed by atoms with E-state index in [-0.39, 0.29) is 5.97 Å². The highest BCUT2D eigenvalue weighted by molar-refractivity contribution is 6.00. The summed E-state index contributed by atoms with van der Waals surface area (Å²) in [6.07, 6.45) is 0. The van der Waals surface area contributed by atoms with Gasteiger partial charge in [-0.3, -0.25) is 0 Å². The largest absolute Gasteiger partial charge is 0.483 e. The number of fused-ring (bicyclic) bond motifs is 1. The summed E-state index contributed by atoms with van der Waals surface area (Å²) in [4.78, 5) is 15.9. The Kier molecular flexibility index (Phi) is 3.65. The monoisotopic (exact) mass is 297 g/mol. The van der Waals surface area contributed by atoms with E-state index in [0.29, 0.717) is 29.4 Å². The fourth-order valence-electron chi connectivity index (χ4n) is 2.10. The number of nitrogens with zero attached hydrogens (tertiary/aromatic N) is 1. The number of ether oxygens (including phenoxy) is 2. The second-order valence-electron chi connectivity index (χ2n) is 4.77. The van der Waals surface area contributed by atoms with Crippen molar-refractivity contribution in [3.8, 4) is 5.75 Å². The number of benzene rings is 2. The molecular weight excluding hydrogens is 282 g/mol. The zero-order valence-corrected chi connectivity index (χ0v) is 12.0. The van der Waals surface area contributed by atoms with Gasteiger partial charge in [-0.15, -0.1) is 0 Å². The molecule has 0 aromatic heterocycles. The lowest BCUT2D eigenvalue weighted by atomic mass is 10.2. The van der Waals surface area contributed by atoms with Crippen LogP contribution in [0.1, 0.15) is 10.4 Å². The number of carbonyl (C=O) groups excluding carboxylic acids is 1. The number of esters is 1. The molecule has 0 radical (unpaired) electrons. The van der Waals surface area contributed by atoms with E-state index < -0.39 is 0 Å². The van der Waals surface area contributed by atoms with Crippen LogP contribution in [0.15, 0.2) is 47.5 Å². The molecule has 6 heteroatoms. The summed E-state index contributed by atoms with van der Waals surface area (Å²) in [6, 6.07) is 12.3. The normalized spacial score (nSPS) is 12.7. The third kappa shape index (κ3) is 2.85. The molecule has 1 aliphatic heterocycles. The fraction of sp³-hybridized carbons (Fsp3) is 0.125. The summed E-state index contributed by atoms with van der Waals surface area (Å²) < 4.78 is 10.3. The van der Waals surface area contributed by atoms with Crippen molar-refractivity contribution in [2.45, 2.75) is 0 Å². The number of amidine groups is 1. The quantitative estimate of drug-likeness (QED) is 0.657. The van der Waals surface area contributed by atoms with Crippen molar-refractivity contribution < 1.29 is 14.3 Å². The summed E-state index contributed by atoms with van der Waals surface area (Å²) in [5.41, 5.74) is 8.39. The Morgan fingerprint density at radius 3 is 2.77 bits per heavy atom. The minimum Gasteiger partial charge on any atom is -0.483 e. The van der Waals surface area contributed by atoms with E-state index in [9.17, 15) is 4.79 Å². The number of nitrogens with two attached hydrogens (primary N) is 1. The van der Waals surface area contributed by atoms with E-state index >= 15 is 0 Å². The number of hydrogen-bond donors (Lipinski definition) is 2. The highest BCUT2D eigenvalue weighted by Gasteiger charge is 2.13. The van der Waals surface area contributed by atoms with Crippen molar-refractivity contribution in [2.24, 2.45) is 4.99 Å². The van der Waals surface area contributed by atoms with Gasteiger partial charge in [-0.1, -0.05) is 0 Å². The average Bonchev–Trinajstić information content (AvgIpc) is 2.55. The number of methoxy groups -OCH3 is 1. The van der Waals surface area contributed by atoms with Gasteiger partial charge >= 0.3 is 5.97 Å². The van der Waals surface area contributed by atoms with Crippen LogP contribution in [0.3, 0.4) is 0 Å². The number of nitrogens with one attached hydrogen (secondary N) is 1. The van der Waals surface area contributed by atoms with Gasteiger partial charge in [-0.05, 0) is 36.4 Å². The number of hydrogen-bond acceptors (Lipinski definition) is 6. The van der Waals surface area contributed by atoms with E-state index in [1.54, 1.807) is 36.4 Å². The van der Waals surface area contributed by atoms with Gasteiger partial charge in [0.1, 0.15) is 23.9 Å². The average molecular weight is 297 g/mol. The van der Waals surface area contributed by atoms with Gasteiger partial charge in [0.05, 0.1) is 12.7 Å². The van der Waals surface area contributed by atoms with Gasteiger partial charge < -0.3 is 20.5 Å². The predicted octanol–water partition coefficient (Wildman–Crippen LogP) is 2.59. The summed E-state index contributed by atoms with van der Waals surface area (Å²) in [5, 5.41) is 3.16. The molecule has 22 heavy (non-hydrogen) atoms. The standard InChI is InChI=1S/C16H15N3O3/c1-21-16(20)10-2-5-12(6-3-10)18-15-9-22-14-8-11(17)4-7-13(14)19-15/h2-8H,9,17H2,1H3,(H,18,19). The summed E-state index contributed by atoms with van der Waals surface area (Å²) >= 11 is 0. The van der Waals surface area contributed by atoms with Gasteiger partial charge in [0.2, 0.25) is 0 Å². The lowest BCUT2D eigenvalue weighted by Crippen LogP contribution is -2.23. The summed E-state index contributed by atoms with van der Waals surface area (Å²) in [6.45, 7) is 0.329. The maximum Gasteiger partial charge on any atom is 0.337 e. The van der Waals surface area contributed by atoms with Gasteiger partial charge in [0, 0.05) is 17.4 Å². The van der Waals surface area contributed by atoms with Gasteiger partial charge in [-0.2, -0.15) is 0 Å². The number of anilines is 2. The molecule has 0 atom stereocenters. The van der Waals surface area contributed by atoms with Crippen LogP contribution in [-0.4, -0.2) is 25.5 Å². The summed E-state index contributed by atoms with van der Waals surface area (Å²) in [7, 11) is 1.35. The first kappa shape index (κ1) is 13.9. The molecule has 112 valence electrons. The first-order valence-electron chi connectivity index (χ1n) is 6.71. The highest BCUT2D eigenvalue weighted by atomic mass is 16.5. The molecular formula is C16H15N3O3. The maximum absolute atomic E-state index is 11.4. The first-order valence-corrected chi connectivity index (χ1v) is 6.71. The van der Waals surface area contributed by atoms with E-state index in [2.05, 4.69) is 15.0 Å². The first-order chi connectivity index (χ1) is 10.7. The van der Waals surface area contributed by atoms with Crippen LogP contribution in [0.4, 0.5) is 17.1 Å². The summed E-state index contributed by atoms with van der Waals surface area (Å²) in [5.74, 6) is 0.992. The van der Waals surface area contributed by atoms with Crippen molar-refractivity contribution >= 4 is 28.9 Å². The molecule has 3 N–H and O–H groups in total. The number of carbonyl (C=O) groups is 1. The van der Waals surface area contributed by atoms with Gasteiger partial charge in [0.25, 0.3) is 0 Å². The fourth-order valence-corrected chi connectivity index (χ4v) is 2.10. The predicted molar refractivity (Wildman–Crippen MR) is 84.8 cm³/mol. The second-order valence-corrected chi connectivity index (χ2v) is 4.77. The zero-order chi connectivity index (χ0) is 15.5. The lowest BCUT2D eigenvalue weighted by molar-refractivity contribution is 0.0601. The van der Waals surface area contributed by atoms with E-state index in [1.165, 1.54) is 7.11 Å². The molecule has 2 aromatic rings. The molecule has 0 amide bonds. The van der Waals surface area contributed by atoms with Crippen molar-refractivity contribution in [3.05, 3.63) is 48.0 Å². The van der Waals surface area contributed by atoms with Crippen LogP contribution in [0.2, 0.25) is 0 Å². The minimum absolute atomic E-state index is 0.329. The molecule has 1 heterocycles. The van der Waals surface area contributed by atoms with Crippen LogP contribution >= 0.6 is 0 Å². The van der Waals surface area contributed by atoms with Gasteiger partial charge in [-0.25, -0.2) is 9.79 Å². The maximum atomic E-state index is 11.4. The molecule has 0 saturated heterocycles. The Labute approximate surface area is 127 Å². The van der Waals surface area contributed by atoms with Crippen molar-refractivity contribution in [3.63, 3.8) is 0 Å². The molecule has 1 aliphatic rings. The van der Waals surface area contributed by atoms with Crippen LogP contribution in [0.25, 0.3) is 0 Å². The van der Waals surface area contributed by atoms with E-state index in [4.69, 9.17) is 10.5 Å². The van der Waals surface area contributed by atoms with E-state index in [1.807, 2.05) is 6.07 Å². The molecule has 6 nitrogen and oxygen atoms in total. The van der Waals surface area contributed by atoms with E-state index in [0.717, 1.165) is 11.4 Å². The Morgan fingerprint density at radius 1 is 1.27 bits per heavy atom. The van der Waals surface area contributed by atoms with Crippen molar-refractivity contribution in [1.82, 2.24) is 0 Å². The van der Waals surface area contributed by atoms with Crippen molar-refractivity contribution in [2.75, 3.05) is 24.8 Å². The molecule has 0 fully saturated rings. The van der Waals surface area contributed by atoms with Crippen LogP contribution in [0, 0.1) is 0 Å². The Hall–Kier alpha value is -3.02. The minimum atomic E-state index is -0.364. The topological polar surface area (TPSA) is 85.9 Å². The molecule has 0 unspecified atom stereocenters. The third-order valence-corrected chi connectivity index (χ3v) is 3.20. The smallest absolute Gasteiger partial charge is 0.337 e. The Balaban J connectivity index is 1.76. The van der Waals surface area contributed by atoms with Crippen LogP contribution in [0.5, 0.6) is 5.75 Å². The molecule has 2 aromatic carbocycles. The van der Waals surface area contributed by atoms with Crippen LogP contribution < -0.4 is 15.8 Å². The number of rotatable bonds is 2.